The molecule has 2 aliphatic heterocycles. The Labute approximate surface area is 180 Å². The van der Waals surface area contributed by atoms with Gasteiger partial charge < -0.3 is 15.1 Å². The number of rotatable bonds is 5. The van der Waals surface area contributed by atoms with Crippen LogP contribution in [0.15, 0.2) is 48.5 Å². The fraction of sp³-hybridized carbons (Fsp3) is 0.348. The Balaban J connectivity index is 1.37. The number of halogens is 1. The quantitative estimate of drug-likeness (QED) is 0.795. The van der Waals surface area contributed by atoms with Crippen LogP contribution in [0.5, 0.6) is 0 Å². The Kier molecular flexibility index (Phi) is 6.04. The highest BCUT2D eigenvalue weighted by atomic mass is 35.5. The maximum Gasteiger partial charge on any atom is 0.247 e. The van der Waals surface area contributed by atoms with E-state index in [1.54, 1.807) is 34.1 Å². The second-order valence-electron chi connectivity index (χ2n) is 7.73. The Morgan fingerprint density at radius 2 is 1.73 bits per heavy atom. The molecule has 2 heterocycles. The zero-order valence-electron chi connectivity index (χ0n) is 16.6. The Bertz CT molecular complexity index is 943. The van der Waals surface area contributed by atoms with Gasteiger partial charge >= 0.3 is 0 Å². The van der Waals surface area contributed by atoms with Crippen LogP contribution < -0.4 is 10.2 Å². The average molecular weight is 426 g/mol. The largest absolute Gasteiger partial charge is 0.330 e. The standard InChI is InChI=1S/C23H24ClN3O3/c24-17-7-9-18(10-8-17)25-23(30)20-3-1-14-27(20)22(29)15-16-5-11-19(12-6-16)26-13-2-4-21(26)28/h5-12,20H,1-4,13-15H2,(H,25,30)/t20-/m1/s1. The number of anilines is 2. The molecule has 0 bridgehead atoms. The van der Waals surface area contributed by atoms with E-state index in [0.717, 1.165) is 30.6 Å². The number of hydrogen-bond acceptors (Lipinski definition) is 3. The third-order valence-electron chi connectivity index (χ3n) is 5.66. The van der Waals surface area contributed by atoms with E-state index >= 15 is 0 Å². The number of nitrogens with zero attached hydrogens (tertiary/aromatic N) is 2. The highest BCUT2D eigenvalue weighted by molar-refractivity contribution is 6.30. The SMILES string of the molecule is O=C(Nc1ccc(Cl)cc1)[C@H]1CCCN1C(=O)Cc1ccc(N2CCCC2=O)cc1. The lowest BCUT2D eigenvalue weighted by Gasteiger charge is -2.24. The first kappa shape index (κ1) is 20.4. The van der Waals surface area contributed by atoms with E-state index in [9.17, 15) is 14.4 Å². The third-order valence-corrected chi connectivity index (χ3v) is 5.92. The van der Waals surface area contributed by atoms with Gasteiger partial charge in [0.2, 0.25) is 17.7 Å². The smallest absolute Gasteiger partial charge is 0.247 e. The zero-order chi connectivity index (χ0) is 21.1. The van der Waals surface area contributed by atoms with Crippen molar-refractivity contribution in [1.82, 2.24) is 4.90 Å². The number of likely N-dealkylation sites (tertiary alicyclic amines) is 1. The van der Waals surface area contributed by atoms with Crippen molar-refractivity contribution in [3.8, 4) is 0 Å². The highest BCUT2D eigenvalue weighted by Gasteiger charge is 2.34. The van der Waals surface area contributed by atoms with E-state index in [-0.39, 0.29) is 24.1 Å². The fourth-order valence-corrected chi connectivity index (χ4v) is 4.21. The van der Waals surface area contributed by atoms with Gasteiger partial charge in [-0.05, 0) is 61.2 Å². The number of hydrogen-bond donors (Lipinski definition) is 1. The molecule has 0 aromatic heterocycles. The molecule has 2 aromatic carbocycles. The first-order valence-corrected chi connectivity index (χ1v) is 10.6. The topological polar surface area (TPSA) is 69.7 Å². The van der Waals surface area contributed by atoms with E-state index in [1.165, 1.54) is 0 Å². The van der Waals surface area contributed by atoms with Gasteiger partial charge in [0.1, 0.15) is 6.04 Å². The second-order valence-corrected chi connectivity index (χ2v) is 8.17. The monoisotopic (exact) mass is 425 g/mol. The number of carbonyl (C=O) groups excluding carboxylic acids is 3. The first-order chi connectivity index (χ1) is 14.5. The predicted molar refractivity (Wildman–Crippen MR) is 117 cm³/mol. The van der Waals surface area contributed by atoms with Crippen molar-refractivity contribution >= 4 is 40.7 Å². The zero-order valence-corrected chi connectivity index (χ0v) is 17.4. The minimum atomic E-state index is -0.463. The molecule has 2 aromatic rings. The summed E-state index contributed by atoms with van der Waals surface area (Å²) in [6, 6.07) is 14.0. The summed E-state index contributed by atoms with van der Waals surface area (Å²) in [5.74, 6) is -0.0924. The summed E-state index contributed by atoms with van der Waals surface area (Å²) in [7, 11) is 0. The molecular weight excluding hydrogens is 402 g/mol. The Morgan fingerprint density at radius 1 is 1.00 bits per heavy atom. The maximum atomic E-state index is 12.9. The molecule has 4 rings (SSSR count). The van der Waals surface area contributed by atoms with Crippen LogP contribution in [0.2, 0.25) is 5.02 Å². The molecule has 7 heteroatoms. The summed E-state index contributed by atoms with van der Waals surface area (Å²) < 4.78 is 0. The van der Waals surface area contributed by atoms with Crippen LogP contribution in [0.25, 0.3) is 0 Å². The normalized spacial score (nSPS) is 18.7. The summed E-state index contributed by atoms with van der Waals surface area (Å²) in [6.07, 6.45) is 3.17. The van der Waals surface area contributed by atoms with Gasteiger partial charge in [-0.3, -0.25) is 14.4 Å². The Hall–Kier alpha value is -2.86. The molecular formula is C23H24ClN3O3. The van der Waals surface area contributed by atoms with Crippen LogP contribution in [-0.2, 0) is 20.8 Å². The van der Waals surface area contributed by atoms with Crippen molar-refractivity contribution in [2.24, 2.45) is 0 Å². The van der Waals surface area contributed by atoms with Crippen LogP contribution >= 0.6 is 11.6 Å². The lowest BCUT2D eigenvalue weighted by molar-refractivity contribution is -0.136. The lowest BCUT2D eigenvalue weighted by atomic mass is 10.1. The van der Waals surface area contributed by atoms with Crippen LogP contribution in [0, 0.1) is 0 Å². The molecule has 1 N–H and O–H groups in total. The van der Waals surface area contributed by atoms with Gasteiger partial charge in [-0.25, -0.2) is 0 Å². The van der Waals surface area contributed by atoms with Crippen molar-refractivity contribution in [3.63, 3.8) is 0 Å². The van der Waals surface area contributed by atoms with Gasteiger partial charge in [0.05, 0.1) is 6.42 Å². The van der Waals surface area contributed by atoms with E-state index in [2.05, 4.69) is 5.32 Å². The molecule has 2 aliphatic rings. The number of carbonyl (C=O) groups is 3. The van der Waals surface area contributed by atoms with Gasteiger partial charge in [-0.1, -0.05) is 23.7 Å². The molecule has 30 heavy (non-hydrogen) atoms. The molecule has 0 aliphatic carbocycles. The molecule has 0 spiro atoms. The Morgan fingerprint density at radius 3 is 2.40 bits per heavy atom. The van der Waals surface area contributed by atoms with Crippen molar-refractivity contribution in [1.29, 1.82) is 0 Å². The maximum absolute atomic E-state index is 12.9. The van der Waals surface area contributed by atoms with Crippen molar-refractivity contribution in [3.05, 3.63) is 59.1 Å². The molecule has 156 valence electrons. The summed E-state index contributed by atoms with van der Waals surface area (Å²) in [5, 5.41) is 3.48. The van der Waals surface area contributed by atoms with Crippen LogP contribution in [0.1, 0.15) is 31.2 Å². The number of benzene rings is 2. The summed E-state index contributed by atoms with van der Waals surface area (Å²) in [5.41, 5.74) is 2.41. The van der Waals surface area contributed by atoms with Gasteiger partial charge in [0.25, 0.3) is 0 Å². The van der Waals surface area contributed by atoms with Gasteiger partial charge in [0, 0.05) is 35.9 Å². The highest BCUT2D eigenvalue weighted by Crippen LogP contribution is 2.24. The number of amides is 3. The summed E-state index contributed by atoms with van der Waals surface area (Å²) in [4.78, 5) is 40.9. The molecule has 6 nitrogen and oxygen atoms in total. The summed E-state index contributed by atoms with van der Waals surface area (Å²) in [6.45, 7) is 1.33. The minimum Gasteiger partial charge on any atom is -0.330 e. The second kappa shape index (κ2) is 8.88. The van der Waals surface area contributed by atoms with Crippen molar-refractivity contribution in [2.75, 3.05) is 23.3 Å². The van der Waals surface area contributed by atoms with Gasteiger partial charge in [0.15, 0.2) is 0 Å². The van der Waals surface area contributed by atoms with E-state index in [4.69, 9.17) is 11.6 Å². The van der Waals surface area contributed by atoms with E-state index in [1.807, 2.05) is 24.3 Å². The number of nitrogens with one attached hydrogen (secondary N) is 1. The average Bonchev–Trinajstić information content (AvgIpc) is 3.39. The van der Waals surface area contributed by atoms with Crippen LogP contribution in [0.4, 0.5) is 11.4 Å². The molecule has 0 unspecified atom stereocenters. The molecule has 0 radical (unpaired) electrons. The minimum absolute atomic E-state index is 0.0613. The molecule has 2 saturated heterocycles. The van der Waals surface area contributed by atoms with E-state index in [0.29, 0.717) is 30.1 Å². The van der Waals surface area contributed by atoms with Crippen molar-refractivity contribution < 1.29 is 14.4 Å². The van der Waals surface area contributed by atoms with Crippen LogP contribution in [0.3, 0.4) is 0 Å². The van der Waals surface area contributed by atoms with Crippen molar-refractivity contribution in [2.45, 2.75) is 38.1 Å². The third kappa shape index (κ3) is 4.49. The fourth-order valence-electron chi connectivity index (χ4n) is 4.09. The predicted octanol–water partition coefficient (Wildman–Crippen LogP) is 3.64. The van der Waals surface area contributed by atoms with Gasteiger partial charge in [-0.15, -0.1) is 0 Å². The molecule has 3 amide bonds. The molecule has 2 fully saturated rings. The van der Waals surface area contributed by atoms with E-state index < -0.39 is 6.04 Å². The summed E-state index contributed by atoms with van der Waals surface area (Å²) >= 11 is 5.89. The lowest BCUT2D eigenvalue weighted by Crippen LogP contribution is -2.43. The molecule has 1 atom stereocenters. The first-order valence-electron chi connectivity index (χ1n) is 10.3. The van der Waals surface area contributed by atoms with Gasteiger partial charge in [-0.2, -0.15) is 0 Å². The van der Waals surface area contributed by atoms with Crippen LogP contribution in [-0.4, -0.2) is 41.8 Å². The molecule has 0 saturated carbocycles.